The third-order valence-electron chi connectivity index (χ3n) is 2.51. The Hall–Kier alpha value is -1.38. The van der Waals surface area contributed by atoms with Gasteiger partial charge in [-0.2, -0.15) is 0 Å². The maximum absolute atomic E-state index is 13.4. The van der Waals surface area contributed by atoms with Crippen molar-refractivity contribution in [1.82, 2.24) is 0 Å². The summed E-state index contributed by atoms with van der Waals surface area (Å²) < 4.78 is 13.4. The van der Waals surface area contributed by atoms with Crippen LogP contribution in [-0.2, 0) is 6.42 Å². The standard InChI is InChI=1S/C11H12FNO/c1-7(14)9-5-8-3-2-4-13-11(8)6-10(9)12/h5-6,13H,2-4H2,1H3. The molecule has 0 aromatic heterocycles. The van der Waals surface area contributed by atoms with Crippen molar-refractivity contribution in [1.29, 1.82) is 0 Å². The number of Topliss-reactive ketones (excluding diaryl/α,β-unsaturated/α-hetero) is 1. The molecule has 0 saturated heterocycles. The number of carbonyl (C=O) groups is 1. The highest BCUT2D eigenvalue weighted by molar-refractivity contribution is 5.95. The molecule has 1 N–H and O–H groups in total. The van der Waals surface area contributed by atoms with Gasteiger partial charge < -0.3 is 5.32 Å². The van der Waals surface area contributed by atoms with E-state index in [-0.39, 0.29) is 11.3 Å². The predicted octanol–water partition coefficient (Wildman–Crippen LogP) is 2.39. The molecule has 0 unspecified atom stereocenters. The molecule has 1 aromatic rings. The highest BCUT2D eigenvalue weighted by Gasteiger charge is 2.14. The van der Waals surface area contributed by atoms with Gasteiger partial charge in [0.15, 0.2) is 5.78 Å². The summed E-state index contributed by atoms with van der Waals surface area (Å²) in [4.78, 5) is 11.1. The van der Waals surface area contributed by atoms with Gasteiger partial charge in [-0.25, -0.2) is 4.39 Å². The zero-order chi connectivity index (χ0) is 10.1. The van der Waals surface area contributed by atoms with E-state index in [2.05, 4.69) is 5.32 Å². The summed E-state index contributed by atoms with van der Waals surface area (Å²) in [6.07, 6.45) is 1.96. The van der Waals surface area contributed by atoms with Crippen molar-refractivity contribution in [3.63, 3.8) is 0 Å². The largest absolute Gasteiger partial charge is 0.385 e. The monoisotopic (exact) mass is 193 g/mol. The van der Waals surface area contributed by atoms with Crippen molar-refractivity contribution in [3.05, 3.63) is 29.1 Å². The van der Waals surface area contributed by atoms with Crippen LogP contribution in [-0.4, -0.2) is 12.3 Å². The van der Waals surface area contributed by atoms with Crippen LogP contribution in [0.5, 0.6) is 0 Å². The first kappa shape index (κ1) is 9.19. The summed E-state index contributed by atoms with van der Waals surface area (Å²) in [6, 6.07) is 3.09. The molecule has 3 heteroatoms. The van der Waals surface area contributed by atoms with Crippen LogP contribution in [0.15, 0.2) is 12.1 Å². The Kier molecular flexibility index (Phi) is 2.23. The van der Waals surface area contributed by atoms with Crippen molar-refractivity contribution in [2.24, 2.45) is 0 Å². The lowest BCUT2D eigenvalue weighted by molar-refractivity contribution is 0.101. The summed E-state index contributed by atoms with van der Waals surface area (Å²) in [5.41, 5.74) is 2.08. The van der Waals surface area contributed by atoms with E-state index in [0.717, 1.165) is 30.6 Å². The van der Waals surface area contributed by atoms with Crippen LogP contribution in [0.4, 0.5) is 10.1 Å². The fourth-order valence-electron chi connectivity index (χ4n) is 1.76. The molecule has 1 aliphatic heterocycles. The molecule has 2 rings (SSSR count). The number of hydrogen-bond donors (Lipinski definition) is 1. The van der Waals surface area contributed by atoms with Crippen LogP contribution in [0.3, 0.4) is 0 Å². The van der Waals surface area contributed by atoms with Crippen LogP contribution in [0.25, 0.3) is 0 Å². The van der Waals surface area contributed by atoms with Crippen molar-refractivity contribution in [2.75, 3.05) is 11.9 Å². The summed E-state index contributed by atoms with van der Waals surface area (Å²) in [5.74, 6) is -0.637. The zero-order valence-corrected chi connectivity index (χ0v) is 8.06. The lowest BCUT2D eigenvalue weighted by Gasteiger charge is -2.18. The van der Waals surface area contributed by atoms with Crippen LogP contribution in [0, 0.1) is 5.82 Å². The molecule has 0 atom stereocenters. The Morgan fingerprint density at radius 2 is 2.29 bits per heavy atom. The van der Waals surface area contributed by atoms with E-state index in [1.165, 1.54) is 13.0 Å². The average molecular weight is 193 g/mol. The van der Waals surface area contributed by atoms with E-state index < -0.39 is 5.82 Å². The molecule has 0 saturated carbocycles. The SMILES string of the molecule is CC(=O)c1cc2c(cc1F)NCCC2. The Morgan fingerprint density at radius 3 is 3.00 bits per heavy atom. The lowest BCUT2D eigenvalue weighted by Crippen LogP contribution is -2.13. The zero-order valence-electron chi connectivity index (χ0n) is 8.06. The summed E-state index contributed by atoms with van der Waals surface area (Å²) in [5, 5.41) is 3.12. The highest BCUT2D eigenvalue weighted by Crippen LogP contribution is 2.25. The highest BCUT2D eigenvalue weighted by atomic mass is 19.1. The van der Waals surface area contributed by atoms with Gasteiger partial charge in [-0.1, -0.05) is 0 Å². The first-order valence-electron chi connectivity index (χ1n) is 4.75. The van der Waals surface area contributed by atoms with Gasteiger partial charge in [0, 0.05) is 12.2 Å². The van der Waals surface area contributed by atoms with Gasteiger partial charge in [0.05, 0.1) is 5.56 Å². The summed E-state index contributed by atoms with van der Waals surface area (Å²) >= 11 is 0. The summed E-state index contributed by atoms with van der Waals surface area (Å²) in [7, 11) is 0. The van der Waals surface area contributed by atoms with Gasteiger partial charge in [0.2, 0.25) is 0 Å². The molecule has 0 spiro atoms. The van der Waals surface area contributed by atoms with E-state index in [0.29, 0.717) is 0 Å². The van der Waals surface area contributed by atoms with E-state index in [1.807, 2.05) is 0 Å². The molecular formula is C11H12FNO. The molecule has 0 amide bonds. The third-order valence-corrected chi connectivity index (χ3v) is 2.51. The van der Waals surface area contributed by atoms with E-state index in [9.17, 15) is 9.18 Å². The lowest BCUT2D eigenvalue weighted by atomic mass is 9.99. The number of anilines is 1. The second-order valence-corrected chi connectivity index (χ2v) is 3.58. The van der Waals surface area contributed by atoms with Crippen LogP contribution in [0.2, 0.25) is 0 Å². The first-order valence-corrected chi connectivity index (χ1v) is 4.75. The molecule has 1 aliphatic rings. The van der Waals surface area contributed by atoms with Gasteiger partial charge in [-0.05, 0) is 37.5 Å². The van der Waals surface area contributed by atoms with Crippen molar-refractivity contribution in [3.8, 4) is 0 Å². The van der Waals surface area contributed by atoms with Crippen molar-refractivity contribution >= 4 is 11.5 Å². The molecule has 0 bridgehead atoms. The van der Waals surface area contributed by atoms with Gasteiger partial charge in [-0.3, -0.25) is 4.79 Å². The number of benzene rings is 1. The van der Waals surface area contributed by atoms with Gasteiger partial charge in [-0.15, -0.1) is 0 Å². The van der Waals surface area contributed by atoms with Gasteiger partial charge in [0.1, 0.15) is 5.82 Å². The minimum absolute atomic E-state index is 0.201. The number of hydrogen-bond acceptors (Lipinski definition) is 2. The fraction of sp³-hybridized carbons (Fsp3) is 0.364. The molecule has 0 fully saturated rings. The molecule has 1 aromatic carbocycles. The number of ketones is 1. The molecule has 2 nitrogen and oxygen atoms in total. The maximum atomic E-state index is 13.4. The Balaban J connectivity index is 2.50. The Bertz CT molecular complexity index is 387. The number of aryl methyl sites for hydroxylation is 1. The predicted molar refractivity (Wildman–Crippen MR) is 53.2 cm³/mol. The Labute approximate surface area is 82.1 Å². The molecular weight excluding hydrogens is 181 g/mol. The minimum atomic E-state index is -0.425. The Morgan fingerprint density at radius 1 is 1.50 bits per heavy atom. The number of fused-ring (bicyclic) bond motifs is 1. The van der Waals surface area contributed by atoms with Gasteiger partial charge >= 0.3 is 0 Å². The summed E-state index contributed by atoms with van der Waals surface area (Å²) in [6.45, 7) is 2.27. The molecule has 14 heavy (non-hydrogen) atoms. The molecule has 74 valence electrons. The first-order chi connectivity index (χ1) is 6.68. The normalized spacial score (nSPS) is 14.4. The maximum Gasteiger partial charge on any atom is 0.162 e. The average Bonchev–Trinajstić information content (AvgIpc) is 2.16. The molecule has 0 aliphatic carbocycles. The number of halogens is 1. The van der Waals surface area contributed by atoms with Crippen LogP contribution < -0.4 is 5.32 Å². The molecule has 1 heterocycles. The van der Waals surface area contributed by atoms with E-state index in [4.69, 9.17) is 0 Å². The third kappa shape index (κ3) is 1.50. The van der Waals surface area contributed by atoms with Crippen molar-refractivity contribution < 1.29 is 9.18 Å². The second kappa shape index (κ2) is 3.40. The van der Waals surface area contributed by atoms with Gasteiger partial charge in [0.25, 0.3) is 0 Å². The van der Waals surface area contributed by atoms with E-state index >= 15 is 0 Å². The number of rotatable bonds is 1. The quantitative estimate of drug-likeness (QED) is 0.694. The second-order valence-electron chi connectivity index (χ2n) is 3.58. The van der Waals surface area contributed by atoms with Crippen LogP contribution >= 0.6 is 0 Å². The number of carbonyl (C=O) groups excluding carboxylic acids is 1. The minimum Gasteiger partial charge on any atom is -0.385 e. The molecule has 0 radical (unpaired) electrons. The smallest absolute Gasteiger partial charge is 0.162 e. The van der Waals surface area contributed by atoms with Crippen LogP contribution in [0.1, 0.15) is 29.3 Å². The topological polar surface area (TPSA) is 29.1 Å². The fourth-order valence-corrected chi connectivity index (χ4v) is 1.76. The number of nitrogens with one attached hydrogen (secondary N) is 1. The van der Waals surface area contributed by atoms with E-state index in [1.54, 1.807) is 6.07 Å². The van der Waals surface area contributed by atoms with Crippen molar-refractivity contribution in [2.45, 2.75) is 19.8 Å².